The molecule has 15 heavy (non-hydrogen) atoms. The smallest absolute Gasteiger partial charge is 0.0708 e. The molecule has 1 fully saturated rings. The molecule has 1 N–H and O–H groups in total. The van der Waals surface area contributed by atoms with Gasteiger partial charge >= 0.3 is 0 Å². The van der Waals surface area contributed by atoms with E-state index >= 15 is 0 Å². The monoisotopic (exact) mass is 215 g/mol. The predicted octanol–water partition coefficient (Wildman–Crippen LogP) is 1.96. The molecular weight excluding hydrogens is 190 g/mol. The van der Waals surface area contributed by atoms with Gasteiger partial charge in [0.05, 0.1) is 18.3 Å². The Hall–Kier alpha value is -0.120. The summed E-state index contributed by atoms with van der Waals surface area (Å²) in [5.74, 6) is 0. The van der Waals surface area contributed by atoms with Crippen molar-refractivity contribution in [1.82, 2.24) is 5.32 Å². The van der Waals surface area contributed by atoms with Crippen molar-refractivity contribution in [1.29, 1.82) is 0 Å². The molecule has 1 atom stereocenters. The molecule has 0 spiro atoms. The van der Waals surface area contributed by atoms with E-state index in [9.17, 15) is 0 Å². The Kier molecular flexibility index (Phi) is 4.15. The molecule has 1 aliphatic heterocycles. The zero-order valence-corrected chi connectivity index (χ0v) is 10.7. The molecule has 90 valence electrons. The van der Waals surface area contributed by atoms with Crippen molar-refractivity contribution in [3.8, 4) is 0 Å². The van der Waals surface area contributed by atoms with Crippen LogP contribution in [0.25, 0.3) is 0 Å². The topological polar surface area (TPSA) is 30.5 Å². The maximum Gasteiger partial charge on any atom is 0.0708 e. The normalized spacial score (nSPS) is 25.8. The Balaban J connectivity index is 2.26. The lowest BCUT2D eigenvalue weighted by Gasteiger charge is -2.28. The van der Waals surface area contributed by atoms with Gasteiger partial charge in [0.25, 0.3) is 0 Å². The van der Waals surface area contributed by atoms with Gasteiger partial charge in [-0.1, -0.05) is 0 Å². The highest BCUT2D eigenvalue weighted by Crippen LogP contribution is 2.29. The summed E-state index contributed by atoms with van der Waals surface area (Å²) in [6.45, 7) is 10.3. The zero-order chi connectivity index (χ0) is 11.5. The van der Waals surface area contributed by atoms with Gasteiger partial charge in [-0.05, 0) is 40.5 Å². The van der Waals surface area contributed by atoms with Crippen molar-refractivity contribution < 1.29 is 9.47 Å². The van der Waals surface area contributed by atoms with Gasteiger partial charge in [-0.3, -0.25) is 0 Å². The minimum Gasteiger partial charge on any atom is -0.383 e. The highest BCUT2D eigenvalue weighted by Gasteiger charge is 2.32. The van der Waals surface area contributed by atoms with Crippen molar-refractivity contribution >= 4 is 0 Å². The Bertz CT molecular complexity index is 202. The summed E-state index contributed by atoms with van der Waals surface area (Å²) >= 11 is 0. The number of methoxy groups -OCH3 is 1. The van der Waals surface area contributed by atoms with Gasteiger partial charge in [0.15, 0.2) is 0 Å². The molecule has 1 unspecified atom stereocenters. The SMILES string of the molecule is COCC(C)(C)NCC1CCC(C)(C)O1. The van der Waals surface area contributed by atoms with Gasteiger partial charge < -0.3 is 14.8 Å². The van der Waals surface area contributed by atoms with E-state index in [1.165, 1.54) is 0 Å². The van der Waals surface area contributed by atoms with Crippen molar-refractivity contribution in [2.45, 2.75) is 57.8 Å². The maximum atomic E-state index is 5.92. The minimum atomic E-state index is 0.0326. The Labute approximate surface area is 93.5 Å². The van der Waals surface area contributed by atoms with Crippen LogP contribution in [0.3, 0.4) is 0 Å². The Morgan fingerprint density at radius 3 is 2.60 bits per heavy atom. The van der Waals surface area contributed by atoms with Gasteiger partial charge in [-0.15, -0.1) is 0 Å². The van der Waals surface area contributed by atoms with Gasteiger partial charge in [-0.25, -0.2) is 0 Å². The number of rotatable bonds is 5. The molecule has 0 aromatic rings. The fourth-order valence-corrected chi connectivity index (χ4v) is 2.02. The molecule has 1 rings (SSSR count). The minimum absolute atomic E-state index is 0.0326. The summed E-state index contributed by atoms with van der Waals surface area (Å²) in [4.78, 5) is 0. The van der Waals surface area contributed by atoms with Gasteiger partial charge in [0.1, 0.15) is 0 Å². The summed E-state index contributed by atoms with van der Waals surface area (Å²) in [5.41, 5.74) is 0.0998. The standard InChI is InChI=1S/C12H25NO2/c1-11(2,9-14-5)13-8-10-6-7-12(3,4)15-10/h10,13H,6-9H2,1-5H3. The first-order valence-corrected chi connectivity index (χ1v) is 5.76. The summed E-state index contributed by atoms with van der Waals surface area (Å²) in [7, 11) is 1.73. The third-order valence-corrected chi connectivity index (χ3v) is 2.87. The zero-order valence-electron chi connectivity index (χ0n) is 10.7. The number of nitrogens with one attached hydrogen (secondary N) is 1. The molecule has 1 aliphatic rings. The average Bonchev–Trinajstić information content (AvgIpc) is 2.42. The molecule has 0 aromatic heterocycles. The molecule has 1 heterocycles. The maximum absolute atomic E-state index is 5.92. The van der Waals surface area contributed by atoms with Crippen LogP contribution in [0.5, 0.6) is 0 Å². The van der Waals surface area contributed by atoms with Crippen LogP contribution in [-0.4, -0.2) is 37.5 Å². The predicted molar refractivity (Wildman–Crippen MR) is 62.1 cm³/mol. The van der Waals surface area contributed by atoms with Crippen molar-refractivity contribution in [3.63, 3.8) is 0 Å². The Morgan fingerprint density at radius 2 is 2.13 bits per heavy atom. The lowest BCUT2D eigenvalue weighted by molar-refractivity contribution is -0.0183. The second-order valence-electron chi connectivity index (χ2n) is 5.74. The van der Waals surface area contributed by atoms with E-state index in [0.29, 0.717) is 6.10 Å². The van der Waals surface area contributed by atoms with Crippen LogP contribution in [0.2, 0.25) is 0 Å². The van der Waals surface area contributed by atoms with Crippen LogP contribution in [0.15, 0.2) is 0 Å². The van der Waals surface area contributed by atoms with E-state index in [0.717, 1.165) is 26.0 Å². The number of ether oxygens (including phenoxy) is 2. The molecule has 3 nitrogen and oxygen atoms in total. The highest BCUT2D eigenvalue weighted by atomic mass is 16.5. The summed E-state index contributed by atoms with van der Waals surface area (Å²) in [6, 6.07) is 0. The van der Waals surface area contributed by atoms with E-state index in [2.05, 4.69) is 33.0 Å². The molecule has 0 aliphatic carbocycles. The van der Waals surface area contributed by atoms with Gasteiger partial charge in [0.2, 0.25) is 0 Å². The van der Waals surface area contributed by atoms with Crippen LogP contribution in [0.4, 0.5) is 0 Å². The quantitative estimate of drug-likeness (QED) is 0.760. The summed E-state index contributed by atoms with van der Waals surface area (Å²) < 4.78 is 11.1. The number of hydrogen-bond donors (Lipinski definition) is 1. The molecule has 0 amide bonds. The van der Waals surface area contributed by atoms with E-state index in [1.54, 1.807) is 7.11 Å². The molecule has 3 heteroatoms. The van der Waals surface area contributed by atoms with Crippen molar-refractivity contribution in [3.05, 3.63) is 0 Å². The second-order valence-corrected chi connectivity index (χ2v) is 5.74. The van der Waals surface area contributed by atoms with E-state index in [-0.39, 0.29) is 11.1 Å². The van der Waals surface area contributed by atoms with Crippen LogP contribution < -0.4 is 5.32 Å². The fraction of sp³-hybridized carbons (Fsp3) is 1.00. The molecule has 0 aromatic carbocycles. The lowest BCUT2D eigenvalue weighted by Crippen LogP contribution is -2.46. The first kappa shape index (κ1) is 12.9. The summed E-state index contributed by atoms with van der Waals surface area (Å²) in [6.07, 6.45) is 2.67. The lowest BCUT2D eigenvalue weighted by atomic mass is 10.0. The van der Waals surface area contributed by atoms with Crippen LogP contribution in [0, 0.1) is 0 Å². The van der Waals surface area contributed by atoms with Crippen molar-refractivity contribution in [2.75, 3.05) is 20.3 Å². The third kappa shape index (κ3) is 4.49. The van der Waals surface area contributed by atoms with Gasteiger partial charge in [-0.2, -0.15) is 0 Å². The Morgan fingerprint density at radius 1 is 1.47 bits per heavy atom. The average molecular weight is 215 g/mol. The molecule has 0 saturated carbocycles. The molecular formula is C12H25NO2. The first-order valence-electron chi connectivity index (χ1n) is 5.76. The van der Waals surface area contributed by atoms with Gasteiger partial charge in [0, 0.05) is 19.2 Å². The summed E-state index contributed by atoms with van der Waals surface area (Å²) in [5, 5.41) is 3.49. The molecule has 0 bridgehead atoms. The van der Waals surface area contributed by atoms with Crippen LogP contribution >= 0.6 is 0 Å². The fourth-order valence-electron chi connectivity index (χ4n) is 2.02. The number of hydrogen-bond acceptors (Lipinski definition) is 3. The largest absolute Gasteiger partial charge is 0.383 e. The highest BCUT2D eigenvalue weighted by molar-refractivity contribution is 4.85. The second kappa shape index (κ2) is 4.81. The molecule has 0 radical (unpaired) electrons. The van der Waals surface area contributed by atoms with E-state index in [1.807, 2.05) is 0 Å². The molecule has 1 saturated heterocycles. The van der Waals surface area contributed by atoms with E-state index < -0.39 is 0 Å². The van der Waals surface area contributed by atoms with Crippen molar-refractivity contribution in [2.24, 2.45) is 0 Å². The van der Waals surface area contributed by atoms with Crippen LogP contribution in [0.1, 0.15) is 40.5 Å². The third-order valence-electron chi connectivity index (χ3n) is 2.87. The van der Waals surface area contributed by atoms with Crippen LogP contribution in [-0.2, 0) is 9.47 Å². The van der Waals surface area contributed by atoms with E-state index in [4.69, 9.17) is 9.47 Å². The first-order chi connectivity index (χ1) is 6.85.